The van der Waals surface area contributed by atoms with E-state index in [1.54, 1.807) is 0 Å². The minimum Gasteiger partial charge on any atom is -0.393 e. The number of aliphatic hydroxyl groups excluding tert-OH is 2. The largest absolute Gasteiger partial charge is 0.393 e. The summed E-state index contributed by atoms with van der Waals surface area (Å²) >= 11 is 0. The summed E-state index contributed by atoms with van der Waals surface area (Å²) in [7, 11) is 0. The first-order valence-electron chi connectivity index (χ1n) is 14.0. The van der Waals surface area contributed by atoms with Gasteiger partial charge in [0.1, 0.15) is 6.10 Å². The monoisotopic (exact) mass is 474 g/mol. The van der Waals surface area contributed by atoms with E-state index in [-0.39, 0.29) is 45.2 Å². The van der Waals surface area contributed by atoms with Gasteiger partial charge in [-0.15, -0.1) is 0 Å². The minimum absolute atomic E-state index is 0.0360. The topological polar surface area (TPSA) is 69.9 Å². The molecule has 0 spiro atoms. The zero-order chi connectivity index (χ0) is 25.1. The highest BCUT2D eigenvalue weighted by molar-refractivity contribution is 5.24. The molecule has 5 aliphatic carbocycles. The highest BCUT2D eigenvalue weighted by Gasteiger charge is 2.71. The first-order valence-corrected chi connectivity index (χ1v) is 14.0. The van der Waals surface area contributed by atoms with E-state index in [1.165, 1.54) is 25.7 Å². The van der Waals surface area contributed by atoms with Gasteiger partial charge in [-0.1, -0.05) is 55.0 Å². The van der Waals surface area contributed by atoms with E-state index in [0.717, 1.165) is 24.8 Å². The third kappa shape index (κ3) is 2.86. The molecule has 0 amide bonds. The Labute approximate surface area is 207 Å². The molecule has 5 fully saturated rings. The summed E-state index contributed by atoms with van der Waals surface area (Å²) in [5.74, 6) is 2.28. The van der Waals surface area contributed by atoms with Crippen LogP contribution < -0.4 is 0 Å². The van der Waals surface area contributed by atoms with Crippen molar-refractivity contribution < 1.29 is 20.4 Å². The first-order chi connectivity index (χ1) is 15.7. The molecule has 0 unspecified atom stereocenters. The van der Waals surface area contributed by atoms with Crippen molar-refractivity contribution in [3.8, 4) is 0 Å². The van der Waals surface area contributed by atoms with E-state index in [2.05, 4.69) is 55.0 Å². The lowest BCUT2D eigenvalue weighted by atomic mass is 9.31. The van der Waals surface area contributed by atoms with Gasteiger partial charge in [0.25, 0.3) is 0 Å². The van der Waals surface area contributed by atoms with Crippen LogP contribution in [0.1, 0.15) is 99.8 Å². The van der Waals surface area contributed by atoms with Crippen molar-refractivity contribution >= 4 is 0 Å². The quantitative estimate of drug-likeness (QED) is 0.232. The molecule has 0 aliphatic heterocycles. The van der Waals surface area contributed by atoms with Gasteiger partial charge in [0.2, 0.25) is 0 Å². The van der Waals surface area contributed by atoms with E-state index < -0.39 is 6.10 Å². The Morgan fingerprint density at radius 3 is 2.12 bits per heavy atom. The fraction of sp³-hybridized carbons (Fsp3) is 0.933. The lowest BCUT2D eigenvalue weighted by Gasteiger charge is -2.74. The highest BCUT2D eigenvalue weighted by Crippen LogP contribution is 2.76. The molecule has 4 nitrogen and oxygen atoms in total. The van der Waals surface area contributed by atoms with Gasteiger partial charge in [-0.3, -0.25) is 5.26 Å². The maximum Gasteiger partial charge on any atom is 0.114 e. The predicted molar refractivity (Wildman–Crippen MR) is 135 cm³/mol. The third-order valence-corrected chi connectivity index (χ3v) is 13.8. The molecular formula is C30H50O4. The van der Waals surface area contributed by atoms with Crippen molar-refractivity contribution in [2.45, 2.75) is 118 Å². The molecule has 0 bridgehead atoms. The van der Waals surface area contributed by atoms with Crippen molar-refractivity contribution in [1.82, 2.24) is 0 Å². The van der Waals surface area contributed by atoms with Crippen molar-refractivity contribution in [3.63, 3.8) is 0 Å². The van der Waals surface area contributed by atoms with E-state index >= 15 is 0 Å². The maximum absolute atomic E-state index is 11.8. The van der Waals surface area contributed by atoms with Crippen molar-refractivity contribution in [3.05, 3.63) is 12.2 Å². The Balaban J connectivity index is 1.56. The number of hydrogen-bond acceptors (Lipinski definition) is 4. The maximum atomic E-state index is 11.8. The molecule has 4 heteroatoms. The molecule has 0 radical (unpaired) electrons. The number of fused-ring (bicyclic) bond motifs is 7. The fourth-order valence-electron chi connectivity index (χ4n) is 11.6. The van der Waals surface area contributed by atoms with Gasteiger partial charge >= 0.3 is 0 Å². The van der Waals surface area contributed by atoms with Crippen LogP contribution in [-0.2, 0) is 4.89 Å². The van der Waals surface area contributed by atoms with Gasteiger partial charge in [-0.2, -0.15) is 0 Å². The third-order valence-electron chi connectivity index (χ3n) is 13.8. The Morgan fingerprint density at radius 1 is 0.794 bits per heavy atom. The molecule has 0 aromatic carbocycles. The van der Waals surface area contributed by atoms with Crippen LogP contribution in [0.5, 0.6) is 0 Å². The molecule has 5 saturated carbocycles. The minimum atomic E-state index is -0.405. The molecule has 0 heterocycles. The average Bonchev–Trinajstić information content (AvgIpc) is 2.75. The predicted octanol–water partition coefficient (Wildman–Crippen LogP) is 6.46. The smallest absolute Gasteiger partial charge is 0.114 e. The summed E-state index contributed by atoms with van der Waals surface area (Å²) in [6.45, 7) is 21.1. The molecule has 5 aliphatic rings. The zero-order valence-electron chi connectivity index (χ0n) is 22.7. The first kappa shape index (κ1) is 25.2. The van der Waals surface area contributed by atoms with Crippen molar-refractivity contribution in [2.24, 2.45) is 56.7 Å². The van der Waals surface area contributed by atoms with Gasteiger partial charge in [0, 0.05) is 5.41 Å². The fourth-order valence-corrected chi connectivity index (χ4v) is 11.6. The second-order valence-electron chi connectivity index (χ2n) is 15.0. The van der Waals surface area contributed by atoms with Gasteiger partial charge in [0.05, 0.1) is 12.2 Å². The summed E-state index contributed by atoms with van der Waals surface area (Å²) < 4.78 is 0. The summed E-state index contributed by atoms with van der Waals surface area (Å²) in [6.07, 6.45) is 7.35. The van der Waals surface area contributed by atoms with Crippen LogP contribution in [-0.4, -0.2) is 33.8 Å². The summed E-state index contributed by atoms with van der Waals surface area (Å²) in [4.78, 5) is 4.87. The van der Waals surface area contributed by atoms with E-state index in [0.29, 0.717) is 30.1 Å². The summed E-state index contributed by atoms with van der Waals surface area (Å²) in [5, 5.41) is 32.3. The number of aliphatic hydroxyl groups is 2. The van der Waals surface area contributed by atoms with Crippen LogP contribution in [0.2, 0.25) is 0 Å². The second kappa shape index (κ2) is 7.55. The lowest BCUT2D eigenvalue weighted by molar-refractivity contribution is -0.306. The Bertz CT molecular complexity index is 853. The van der Waals surface area contributed by atoms with Crippen LogP contribution in [0.15, 0.2) is 12.2 Å². The number of rotatable bonds is 1. The molecule has 194 valence electrons. The average molecular weight is 475 g/mol. The Morgan fingerprint density at radius 2 is 1.47 bits per heavy atom. The van der Waals surface area contributed by atoms with Crippen LogP contribution >= 0.6 is 0 Å². The van der Waals surface area contributed by atoms with E-state index in [4.69, 9.17) is 4.89 Å². The van der Waals surface area contributed by atoms with Gasteiger partial charge < -0.3 is 10.2 Å². The summed E-state index contributed by atoms with van der Waals surface area (Å²) in [6, 6.07) is 0. The Kier molecular flexibility index (Phi) is 5.61. The van der Waals surface area contributed by atoms with Crippen LogP contribution in [0, 0.1) is 56.7 Å². The molecule has 0 aromatic rings. The molecule has 34 heavy (non-hydrogen) atoms. The molecule has 3 N–H and O–H groups in total. The molecule has 5 rings (SSSR count). The van der Waals surface area contributed by atoms with Crippen molar-refractivity contribution in [1.29, 1.82) is 0 Å². The van der Waals surface area contributed by atoms with Gasteiger partial charge in [0.15, 0.2) is 0 Å². The summed E-state index contributed by atoms with van der Waals surface area (Å²) in [5.41, 5.74) is 1.17. The Hall–Kier alpha value is -0.420. The normalized spacial score (nSPS) is 58.8. The van der Waals surface area contributed by atoms with E-state index in [1.807, 2.05) is 0 Å². The zero-order valence-corrected chi connectivity index (χ0v) is 22.7. The van der Waals surface area contributed by atoms with Gasteiger partial charge in [-0.05, 0) is 108 Å². The lowest BCUT2D eigenvalue weighted by Crippen LogP contribution is -2.69. The van der Waals surface area contributed by atoms with Crippen LogP contribution in [0.25, 0.3) is 0 Å². The van der Waals surface area contributed by atoms with Gasteiger partial charge in [-0.25, -0.2) is 4.89 Å². The highest BCUT2D eigenvalue weighted by atomic mass is 17.1. The van der Waals surface area contributed by atoms with E-state index in [9.17, 15) is 15.5 Å². The standard InChI is InChI=1S/C30H50O4/c1-17-18(2)25-19-9-10-22-27(5)13-12-23(31)26(3,4)21(27)11-14-29(22,7)30(19,8)16-24(32)28(25,6)15-20(17)34-33/h18-25,31-33H,1,9-16H2,2-8H3/t18-,19-,20-,21+,22-,23+,24+,25-,27+,28-,29-,30-/m1/s1. The molecule has 0 saturated heterocycles. The van der Waals surface area contributed by atoms with Crippen LogP contribution in [0.3, 0.4) is 0 Å². The number of hydrogen-bond donors (Lipinski definition) is 3. The molecular weight excluding hydrogens is 424 g/mol. The SMILES string of the molecule is C=C1[C@@H](C)[C@@H]2[C@H]3CC[C@@H]4[C@@]5(C)CC[C@H](O)C(C)(C)[C@@H]5CC[C@@]4(C)[C@]3(C)C[C@H](O)[C@@]2(C)C[C@H]1OO. The van der Waals surface area contributed by atoms with Crippen molar-refractivity contribution in [2.75, 3.05) is 0 Å². The molecule has 12 atom stereocenters. The molecule has 0 aromatic heterocycles. The van der Waals surface area contributed by atoms with Crippen LogP contribution in [0.4, 0.5) is 0 Å². The second-order valence-corrected chi connectivity index (χ2v) is 15.0.